The molecule has 4 saturated heterocycles. The lowest BCUT2D eigenvalue weighted by atomic mass is 9.41. The Morgan fingerprint density at radius 1 is 0.567 bits per heavy atom. The quantitative estimate of drug-likeness (QED) is 0.0494. The SMILES string of the molecule is C=C1C[C@@]23CCC4[C@](C)(C(=O)OC5OC(CO)C(O)C(O)C5O)CCC[C@@]4(C)[C@@H]2CCC1(OC1OC(CO)C(O)C(OC2OC(CO)C(O)C(O)C2O)C1OC1OC(CO)C(O)C(O)C1O)C3. The maximum Gasteiger partial charge on any atom is 0.314 e. The molecule has 23 nitrogen and oxygen atoms in total. The summed E-state index contributed by atoms with van der Waals surface area (Å²) in [7, 11) is 0. The zero-order chi connectivity index (χ0) is 48.7. The largest absolute Gasteiger partial charge is 0.432 e. The molecule has 0 aromatic rings. The molecule has 2 bridgehead atoms. The number of carbonyl (C=O) groups is 1. The van der Waals surface area contributed by atoms with Gasteiger partial charge in [-0.2, -0.15) is 0 Å². The number of esters is 1. The van der Waals surface area contributed by atoms with Gasteiger partial charge in [0.15, 0.2) is 18.9 Å². The molecular weight excluding hydrogens is 896 g/mol. The van der Waals surface area contributed by atoms with Crippen LogP contribution in [0.15, 0.2) is 12.2 Å². The van der Waals surface area contributed by atoms with Crippen LogP contribution in [0, 0.1) is 28.1 Å². The van der Waals surface area contributed by atoms with E-state index in [9.17, 15) is 76.3 Å². The van der Waals surface area contributed by atoms with E-state index in [-0.39, 0.29) is 11.8 Å². The van der Waals surface area contributed by atoms with E-state index in [0.717, 1.165) is 6.42 Å². The maximum absolute atomic E-state index is 14.3. The van der Waals surface area contributed by atoms with Gasteiger partial charge in [-0.15, -0.1) is 0 Å². The molecule has 4 saturated carbocycles. The summed E-state index contributed by atoms with van der Waals surface area (Å²) in [5.74, 6) is -0.805. The Kier molecular flexibility index (Phi) is 15.0. The van der Waals surface area contributed by atoms with Gasteiger partial charge >= 0.3 is 5.97 Å². The number of aliphatic hydroxyl groups is 14. The van der Waals surface area contributed by atoms with Crippen molar-refractivity contribution in [1.82, 2.24) is 0 Å². The van der Waals surface area contributed by atoms with E-state index in [2.05, 4.69) is 13.5 Å². The lowest BCUT2D eigenvalue weighted by Gasteiger charge is -2.64. The summed E-state index contributed by atoms with van der Waals surface area (Å²) in [5, 5.41) is 148. The molecule has 8 rings (SSSR count). The summed E-state index contributed by atoms with van der Waals surface area (Å²) in [6, 6.07) is 0. The van der Waals surface area contributed by atoms with E-state index < -0.39 is 177 Å². The number of fused-ring (bicyclic) bond motifs is 3. The molecule has 0 radical (unpaired) electrons. The van der Waals surface area contributed by atoms with Crippen LogP contribution >= 0.6 is 0 Å². The highest BCUT2D eigenvalue weighted by atomic mass is 16.8. The second-order valence-corrected chi connectivity index (χ2v) is 20.8. The molecular formula is C44H70O23. The number of hydrogen-bond donors (Lipinski definition) is 14. The highest BCUT2D eigenvalue weighted by molar-refractivity contribution is 5.77. The second-order valence-electron chi connectivity index (χ2n) is 20.8. The fraction of sp³-hybridized carbons (Fsp3) is 0.932. The number of aliphatic hydroxyl groups excluding tert-OH is 14. The normalized spacial score (nSPS) is 54.5. The third-order valence-electron chi connectivity index (χ3n) is 17.1. The van der Waals surface area contributed by atoms with Crippen LogP contribution in [0.3, 0.4) is 0 Å². The minimum Gasteiger partial charge on any atom is -0.432 e. The lowest BCUT2D eigenvalue weighted by Crippen LogP contribution is -2.68. The Morgan fingerprint density at radius 3 is 1.57 bits per heavy atom. The fourth-order valence-corrected chi connectivity index (χ4v) is 13.5. The molecule has 0 aromatic carbocycles. The predicted octanol–water partition coefficient (Wildman–Crippen LogP) is -5.11. The van der Waals surface area contributed by atoms with Crippen LogP contribution in [0.25, 0.3) is 0 Å². The van der Waals surface area contributed by atoms with Crippen molar-refractivity contribution in [2.45, 2.75) is 200 Å². The molecule has 0 amide bonds. The monoisotopic (exact) mass is 966 g/mol. The van der Waals surface area contributed by atoms with E-state index in [1.165, 1.54) is 0 Å². The van der Waals surface area contributed by atoms with Crippen molar-refractivity contribution in [3.8, 4) is 0 Å². The maximum atomic E-state index is 14.3. The molecule has 4 heterocycles. The molecule has 22 unspecified atom stereocenters. The van der Waals surface area contributed by atoms with Gasteiger partial charge in [0.25, 0.3) is 0 Å². The van der Waals surface area contributed by atoms with Gasteiger partial charge in [0.1, 0.15) is 97.7 Å². The Morgan fingerprint density at radius 2 is 1.03 bits per heavy atom. The third kappa shape index (κ3) is 8.63. The highest BCUT2D eigenvalue weighted by Crippen LogP contribution is 2.74. The van der Waals surface area contributed by atoms with Gasteiger partial charge < -0.3 is 109 Å². The van der Waals surface area contributed by atoms with E-state index in [1.54, 1.807) is 0 Å². The Hall–Kier alpha value is -1.63. The molecule has 4 aliphatic heterocycles. The Balaban J connectivity index is 1.06. The average molecular weight is 967 g/mol. The molecule has 4 aliphatic carbocycles. The van der Waals surface area contributed by atoms with Gasteiger partial charge in [0, 0.05) is 0 Å². The highest BCUT2D eigenvalue weighted by Gasteiger charge is 2.70. The predicted molar refractivity (Wildman–Crippen MR) is 219 cm³/mol. The topological polar surface area (TPSA) is 374 Å². The standard InChI is InChI=1S/C44H70O23/c1-17-11-43-9-5-22-41(2,7-4-8-42(22,3)40(59)66-38-33(58)30(55)26(51)20(14-47)62-38)23(43)6-10-44(17,16-43)67-39-35(65-37-32(57)29(54)25(50)19(13-46)61-37)34(27(52)21(15-48)63-39)64-36-31(56)28(53)24(49)18(12-45)60-36/h18-39,45-58H,1,4-16H2,2-3H3/t18?,19?,20?,21?,22?,23-,24?,25?,26?,27?,28?,29?,30?,31?,32?,33?,34?,35?,36?,37?,38?,39?,41+,42+,43+,44?/m0/s1. The van der Waals surface area contributed by atoms with Crippen molar-refractivity contribution in [2.75, 3.05) is 26.4 Å². The smallest absolute Gasteiger partial charge is 0.314 e. The average Bonchev–Trinajstić information content (AvgIpc) is 3.50. The van der Waals surface area contributed by atoms with Gasteiger partial charge in [-0.25, -0.2) is 0 Å². The molecule has 8 aliphatic rings. The van der Waals surface area contributed by atoms with Gasteiger partial charge in [-0.1, -0.05) is 19.9 Å². The van der Waals surface area contributed by atoms with Crippen molar-refractivity contribution in [1.29, 1.82) is 0 Å². The van der Waals surface area contributed by atoms with Crippen molar-refractivity contribution in [3.05, 3.63) is 12.2 Å². The number of rotatable bonds is 12. The van der Waals surface area contributed by atoms with Crippen LogP contribution in [0.4, 0.5) is 0 Å². The van der Waals surface area contributed by atoms with Gasteiger partial charge in [-0.3, -0.25) is 4.79 Å². The molecule has 384 valence electrons. The summed E-state index contributed by atoms with van der Waals surface area (Å²) < 4.78 is 48.2. The zero-order valence-corrected chi connectivity index (χ0v) is 37.5. The van der Waals surface area contributed by atoms with Crippen LogP contribution in [-0.4, -0.2) is 232 Å². The van der Waals surface area contributed by atoms with Crippen LogP contribution in [-0.2, 0) is 42.7 Å². The van der Waals surface area contributed by atoms with E-state index in [0.29, 0.717) is 56.9 Å². The molecule has 14 N–H and O–H groups in total. The Labute approximate surface area is 386 Å². The van der Waals surface area contributed by atoms with Crippen molar-refractivity contribution in [3.63, 3.8) is 0 Å². The summed E-state index contributed by atoms with van der Waals surface area (Å²) >= 11 is 0. The minimum atomic E-state index is -1.95. The number of ether oxygens (including phenoxy) is 8. The molecule has 0 aromatic heterocycles. The first-order valence-electron chi connectivity index (χ1n) is 23.4. The lowest BCUT2D eigenvalue weighted by molar-refractivity contribution is -0.400. The van der Waals surface area contributed by atoms with Crippen molar-refractivity contribution >= 4 is 5.97 Å². The Bertz CT molecular complexity index is 1760. The minimum absolute atomic E-state index is 0.0251. The van der Waals surface area contributed by atoms with E-state index >= 15 is 0 Å². The van der Waals surface area contributed by atoms with Gasteiger partial charge in [0.05, 0.1) is 37.4 Å². The summed E-state index contributed by atoms with van der Waals surface area (Å²) in [6.07, 6.45) is -29.1. The van der Waals surface area contributed by atoms with Crippen LogP contribution in [0.1, 0.15) is 71.6 Å². The van der Waals surface area contributed by atoms with Gasteiger partial charge in [0.2, 0.25) is 6.29 Å². The summed E-state index contributed by atoms with van der Waals surface area (Å²) in [5.41, 5.74) is -2.33. The van der Waals surface area contributed by atoms with Crippen LogP contribution in [0.5, 0.6) is 0 Å². The molecule has 1 spiro atoms. The number of hydrogen-bond acceptors (Lipinski definition) is 23. The summed E-state index contributed by atoms with van der Waals surface area (Å²) in [4.78, 5) is 14.3. The number of carbonyl (C=O) groups excluding carboxylic acids is 1. The zero-order valence-electron chi connectivity index (χ0n) is 37.5. The van der Waals surface area contributed by atoms with E-state index in [4.69, 9.17) is 37.9 Å². The first kappa shape index (κ1) is 51.7. The third-order valence-corrected chi connectivity index (χ3v) is 17.1. The molecule has 26 atom stereocenters. The molecule has 67 heavy (non-hydrogen) atoms. The van der Waals surface area contributed by atoms with Crippen molar-refractivity contribution < 1.29 is 114 Å². The molecule has 23 heteroatoms. The van der Waals surface area contributed by atoms with Crippen molar-refractivity contribution in [2.24, 2.45) is 28.1 Å². The van der Waals surface area contributed by atoms with Gasteiger partial charge in [-0.05, 0) is 86.5 Å². The van der Waals surface area contributed by atoms with Crippen LogP contribution < -0.4 is 0 Å². The first-order valence-corrected chi connectivity index (χ1v) is 23.4. The fourth-order valence-electron chi connectivity index (χ4n) is 13.5. The molecule has 8 fully saturated rings. The van der Waals surface area contributed by atoms with E-state index in [1.807, 2.05) is 6.92 Å². The van der Waals surface area contributed by atoms with Crippen LogP contribution in [0.2, 0.25) is 0 Å². The first-order chi connectivity index (χ1) is 31.6. The second kappa shape index (κ2) is 19.4. The summed E-state index contributed by atoms with van der Waals surface area (Å²) in [6.45, 7) is 5.41.